The average Bonchev–Trinajstić information content (AvgIpc) is 2.95. The van der Waals surface area contributed by atoms with Crippen LogP contribution in [0.4, 0.5) is 4.39 Å². The predicted molar refractivity (Wildman–Crippen MR) is 113 cm³/mol. The van der Waals surface area contributed by atoms with Crippen LogP contribution in [0.25, 0.3) is 16.8 Å². The van der Waals surface area contributed by atoms with Gasteiger partial charge in [-0.1, -0.05) is 49.6 Å². The van der Waals surface area contributed by atoms with Gasteiger partial charge in [0.15, 0.2) is 5.65 Å². The van der Waals surface area contributed by atoms with Crippen LogP contribution in [0.15, 0.2) is 41.6 Å². The highest BCUT2D eigenvalue weighted by molar-refractivity contribution is 7.99. The van der Waals surface area contributed by atoms with E-state index < -0.39 is 0 Å². The summed E-state index contributed by atoms with van der Waals surface area (Å²) >= 11 is 1.47. The molecule has 0 radical (unpaired) electrons. The number of carbonyl (C=O) groups is 1. The van der Waals surface area contributed by atoms with Gasteiger partial charge in [-0.2, -0.15) is 5.10 Å². The summed E-state index contributed by atoms with van der Waals surface area (Å²) in [5.41, 5.74) is 3.27. The van der Waals surface area contributed by atoms with Crippen LogP contribution in [0, 0.1) is 12.7 Å². The van der Waals surface area contributed by atoms with Crippen LogP contribution < -0.4 is 5.32 Å². The molecule has 1 aromatic carbocycles. The number of nitrogens with one attached hydrogen (secondary N) is 1. The molecule has 3 aromatic rings. The lowest BCUT2D eigenvalue weighted by molar-refractivity contribution is -0.119. The summed E-state index contributed by atoms with van der Waals surface area (Å²) in [4.78, 5) is 17.1. The lowest BCUT2D eigenvalue weighted by Gasteiger charge is -2.16. The molecule has 0 atom stereocenters. The van der Waals surface area contributed by atoms with Crippen LogP contribution in [0.5, 0.6) is 0 Å². The number of rotatable bonds is 5. The number of benzene rings is 1. The van der Waals surface area contributed by atoms with Crippen molar-refractivity contribution in [1.29, 1.82) is 0 Å². The summed E-state index contributed by atoms with van der Waals surface area (Å²) in [5, 5.41) is 8.53. The molecule has 4 rings (SSSR count). The first-order valence-corrected chi connectivity index (χ1v) is 11.1. The molecule has 29 heavy (non-hydrogen) atoms. The fourth-order valence-corrected chi connectivity index (χ4v) is 4.69. The predicted octanol–water partition coefficient (Wildman–Crippen LogP) is 4.77. The third-order valence-electron chi connectivity index (χ3n) is 5.29. The maximum absolute atomic E-state index is 13.3. The molecule has 1 aliphatic rings. The zero-order valence-corrected chi connectivity index (χ0v) is 17.3. The molecule has 2 heterocycles. The Hall–Kier alpha value is -2.41. The van der Waals surface area contributed by atoms with Gasteiger partial charge in [-0.15, -0.1) is 0 Å². The van der Waals surface area contributed by atoms with Gasteiger partial charge < -0.3 is 5.32 Å². The van der Waals surface area contributed by atoms with Crippen molar-refractivity contribution in [1.82, 2.24) is 19.9 Å². The van der Waals surface area contributed by atoms with Gasteiger partial charge in [0.05, 0.1) is 11.9 Å². The lowest BCUT2D eigenvalue weighted by atomic mass is 10.1. The highest BCUT2D eigenvalue weighted by Gasteiger charge is 2.17. The van der Waals surface area contributed by atoms with E-state index in [1.807, 2.05) is 13.0 Å². The molecule has 0 spiro atoms. The van der Waals surface area contributed by atoms with Crippen molar-refractivity contribution in [2.24, 2.45) is 0 Å². The molecule has 1 amide bonds. The van der Waals surface area contributed by atoms with E-state index in [0.29, 0.717) is 17.4 Å². The second-order valence-electron chi connectivity index (χ2n) is 7.58. The van der Waals surface area contributed by atoms with Crippen molar-refractivity contribution in [3.8, 4) is 11.1 Å². The highest BCUT2D eigenvalue weighted by atomic mass is 32.2. The fraction of sp³-hybridized carbons (Fsp3) is 0.409. The van der Waals surface area contributed by atoms with Crippen LogP contribution in [-0.2, 0) is 4.79 Å². The lowest BCUT2D eigenvalue weighted by Crippen LogP contribution is -2.35. The van der Waals surface area contributed by atoms with E-state index >= 15 is 0 Å². The molecular formula is C22H25FN4OS. The Morgan fingerprint density at radius 1 is 1.21 bits per heavy atom. The Bertz CT molecular complexity index is 994. The largest absolute Gasteiger partial charge is 0.353 e. The van der Waals surface area contributed by atoms with Gasteiger partial charge in [0.2, 0.25) is 5.91 Å². The van der Waals surface area contributed by atoms with E-state index in [2.05, 4.69) is 15.4 Å². The molecule has 1 N–H and O–H groups in total. The summed E-state index contributed by atoms with van der Waals surface area (Å²) in [5.74, 6) is 0.140. The SMILES string of the molecule is Cc1cc(SCC(=O)NC2CCCCCC2)n2ncc(-c3ccc(F)cc3)c2n1. The van der Waals surface area contributed by atoms with Gasteiger partial charge in [0.1, 0.15) is 10.8 Å². The first-order valence-electron chi connectivity index (χ1n) is 10.1. The average molecular weight is 413 g/mol. The standard InChI is InChI=1S/C22H25FN4OS/c1-15-12-21(29-14-20(28)26-18-6-4-2-3-5-7-18)27-22(25-15)19(13-24-27)16-8-10-17(23)11-9-16/h8-13,18H,2-7,14H2,1H3,(H,26,28). The van der Waals surface area contributed by atoms with Crippen LogP contribution in [0.3, 0.4) is 0 Å². The Labute approximate surface area is 174 Å². The topological polar surface area (TPSA) is 59.3 Å². The van der Waals surface area contributed by atoms with Gasteiger partial charge in [-0.25, -0.2) is 13.9 Å². The number of fused-ring (bicyclic) bond motifs is 1. The molecule has 7 heteroatoms. The van der Waals surface area contributed by atoms with Gasteiger partial charge in [-0.05, 0) is 43.5 Å². The quantitative estimate of drug-likeness (QED) is 0.372. The number of hydrogen-bond acceptors (Lipinski definition) is 4. The molecule has 1 fully saturated rings. The van der Waals surface area contributed by atoms with Crippen LogP contribution >= 0.6 is 11.8 Å². The number of thioether (sulfide) groups is 1. The van der Waals surface area contributed by atoms with Gasteiger partial charge >= 0.3 is 0 Å². The second-order valence-corrected chi connectivity index (χ2v) is 8.58. The molecule has 2 aromatic heterocycles. The van der Waals surface area contributed by atoms with E-state index in [4.69, 9.17) is 0 Å². The van der Waals surface area contributed by atoms with Crippen LogP contribution in [0.1, 0.15) is 44.2 Å². The minimum atomic E-state index is -0.273. The molecule has 5 nitrogen and oxygen atoms in total. The molecule has 152 valence electrons. The first kappa shape index (κ1) is 19.9. The Kier molecular flexibility index (Phi) is 6.13. The molecule has 0 bridgehead atoms. The van der Waals surface area contributed by atoms with Gasteiger partial charge in [0.25, 0.3) is 0 Å². The number of halogens is 1. The van der Waals surface area contributed by atoms with E-state index in [0.717, 1.165) is 34.7 Å². The maximum Gasteiger partial charge on any atom is 0.230 e. The normalized spacial score (nSPS) is 15.4. The third kappa shape index (κ3) is 4.78. The number of aromatic nitrogens is 3. The third-order valence-corrected chi connectivity index (χ3v) is 6.29. The molecule has 0 aliphatic heterocycles. The number of hydrogen-bond donors (Lipinski definition) is 1. The van der Waals surface area contributed by atoms with Crippen LogP contribution in [0.2, 0.25) is 0 Å². The Morgan fingerprint density at radius 3 is 2.66 bits per heavy atom. The maximum atomic E-state index is 13.3. The van der Waals surface area contributed by atoms with Crippen LogP contribution in [-0.4, -0.2) is 32.3 Å². The Morgan fingerprint density at radius 2 is 1.93 bits per heavy atom. The zero-order chi connectivity index (χ0) is 20.2. The number of amides is 1. The van der Waals surface area contributed by atoms with E-state index in [9.17, 15) is 9.18 Å². The van der Waals surface area contributed by atoms with Crippen molar-refractivity contribution in [3.05, 3.63) is 48.0 Å². The molecule has 0 unspecified atom stereocenters. The summed E-state index contributed by atoms with van der Waals surface area (Å²) in [6, 6.07) is 8.56. The summed E-state index contributed by atoms with van der Waals surface area (Å²) in [6.07, 6.45) is 8.83. The first-order chi connectivity index (χ1) is 14.1. The Balaban J connectivity index is 1.50. The molecule has 1 saturated carbocycles. The molecular weight excluding hydrogens is 387 g/mol. The summed E-state index contributed by atoms with van der Waals surface area (Å²) < 4.78 is 15.0. The zero-order valence-electron chi connectivity index (χ0n) is 16.5. The number of aryl methyl sites for hydroxylation is 1. The van der Waals surface area contributed by atoms with Crippen molar-refractivity contribution in [3.63, 3.8) is 0 Å². The highest BCUT2D eigenvalue weighted by Crippen LogP contribution is 2.28. The molecule has 1 aliphatic carbocycles. The van der Waals surface area contributed by atoms with E-state index in [1.165, 1.54) is 49.6 Å². The summed E-state index contributed by atoms with van der Waals surface area (Å²) in [7, 11) is 0. The number of nitrogens with zero attached hydrogens (tertiary/aromatic N) is 3. The fourth-order valence-electron chi connectivity index (χ4n) is 3.82. The molecule has 0 saturated heterocycles. The summed E-state index contributed by atoms with van der Waals surface area (Å²) in [6.45, 7) is 1.93. The monoisotopic (exact) mass is 412 g/mol. The van der Waals surface area contributed by atoms with Gasteiger partial charge in [0, 0.05) is 17.3 Å². The minimum absolute atomic E-state index is 0.0652. The van der Waals surface area contributed by atoms with E-state index in [1.54, 1.807) is 22.8 Å². The van der Waals surface area contributed by atoms with Crippen molar-refractivity contribution in [2.45, 2.75) is 56.5 Å². The van der Waals surface area contributed by atoms with Gasteiger partial charge in [-0.3, -0.25) is 4.79 Å². The van der Waals surface area contributed by atoms with Crippen molar-refractivity contribution >= 4 is 23.3 Å². The van der Waals surface area contributed by atoms with Crippen molar-refractivity contribution in [2.75, 3.05) is 5.75 Å². The van der Waals surface area contributed by atoms with Crippen molar-refractivity contribution < 1.29 is 9.18 Å². The second kappa shape index (κ2) is 8.95. The van der Waals surface area contributed by atoms with E-state index in [-0.39, 0.29) is 11.7 Å². The minimum Gasteiger partial charge on any atom is -0.353 e. The number of carbonyl (C=O) groups excluding carboxylic acids is 1. The smallest absolute Gasteiger partial charge is 0.230 e.